The molecule has 0 aromatic carbocycles. The Kier molecular flexibility index (Phi) is 3.25. The predicted molar refractivity (Wildman–Crippen MR) is 72.9 cm³/mol. The first-order valence-electron chi connectivity index (χ1n) is 5.84. The van der Waals surface area contributed by atoms with E-state index in [1.54, 1.807) is 0 Å². The van der Waals surface area contributed by atoms with Crippen molar-refractivity contribution in [2.45, 2.75) is 18.9 Å². The molecule has 3 nitrogen and oxygen atoms in total. The number of halogens is 1. The molecule has 0 bridgehead atoms. The normalized spacial score (nSPS) is 20.2. The summed E-state index contributed by atoms with van der Waals surface area (Å²) in [5, 5.41) is 0. The molecule has 3 heterocycles. The largest absolute Gasteiger partial charge is 0.324 e. The lowest BCUT2D eigenvalue weighted by Gasteiger charge is -2.15. The Morgan fingerprint density at radius 3 is 3.24 bits per heavy atom. The third kappa shape index (κ3) is 2.04. The first kappa shape index (κ1) is 11.4. The van der Waals surface area contributed by atoms with Crippen molar-refractivity contribution >= 4 is 34.4 Å². The fraction of sp³-hybridized carbons (Fsp3) is 0.500. The molecular weight excluding hydrogens is 254 g/mol. The number of rotatable bonds is 3. The zero-order chi connectivity index (χ0) is 11.7. The summed E-state index contributed by atoms with van der Waals surface area (Å²) in [6, 6.07) is 2.63. The number of pyridine rings is 1. The third-order valence-electron chi connectivity index (χ3n) is 3.15. The van der Waals surface area contributed by atoms with Crippen LogP contribution >= 0.6 is 23.4 Å². The van der Waals surface area contributed by atoms with E-state index in [1.165, 1.54) is 23.4 Å². The molecule has 5 heteroatoms. The maximum absolute atomic E-state index is 5.87. The van der Waals surface area contributed by atoms with Crippen LogP contribution in [0, 0.1) is 0 Å². The lowest BCUT2D eigenvalue weighted by atomic mass is 10.2. The Hall–Kier alpha value is -0.740. The molecule has 2 aromatic heterocycles. The summed E-state index contributed by atoms with van der Waals surface area (Å²) >= 11 is 7.89. The number of nitrogens with zero attached hydrogens (tertiary/aromatic N) is 3. The Morgan fingerprint density at radius 1 is 1.53 bits per heavy atom. The zero-order valence-corrected chi connectivity index (χ0v) is 11.0. The highest BCUT2D eigenvalue weighted by Crippen LogP contribution is 2.32. The second-order valence-electron chi connectivity index (χ2n) is 4.22. The number of aryl methyl sites for hydroxylation is 1. The van der Waals surface area contributed by atoms with Gasteiger partial charge < -0.3 is 4.57 Å². The number of imidazole rings is 1. The molecule has 1 aliphatic rings. The van der Waals surface area contributed by atoms with Crippen molar-refractivity contribution in [2.24, 2.45) is 0 Å². The molecule has 0 N–H and O–H groups in total. The summed E-state index contributed by atoms with van der Waals surface area (Å²) in [6.45, 7) is 0. The summed E-state index contributed by atoms with van der Waals surface area (Å²) in [5.74, 6) is 4.16. The quantitative estimate of drug-likeness (QED) is 0.802. The second kappa shape index (κ2) is 4.86. The average Bonchev–Trinajstić information content (AvgIpc) is 2.94. The van der Waals surface area contributed by atoms with Crippen LogP contribution in [0.15, 0.2) is 18.5 Å². The summed E-state index contributed by atoms with van der Waals surface area (Å²) < 4.78 is 2.37. The van der Waals surface area contributed by atoms with Gasteiger partial charge in [-0.1, -0.05) is 0 Å². The summed E-state index contributed by atoms with van der Waals surface area (Å²) in [7, 11) is 0. The van der Waals surface area contributed by atoms with Crippen LogP contribution in [-0.4, -0.2) is 31.9 Å². The minimum Gasteiger partial charge on any atom is -0.324 e. The van der Waals surface area contributed by atoms with Crippen molar-refractivity contribution < 1.29 is 0 Å². The number of fused-ring (bicyclic) bond motifs is 1. The molecule has 90 valence electrons. The highest BCUT2D eigenvalue weighted by molar-refractivity contribution is 7.99. The minimum atomic E-state index is 0.575. The standard InChI is InChI=1S/C12H14ClN3S/c13-4-1-12-15-10-7-14-5-2-11(10)16(12)9-3-6-17-8-9/h2,5,7,9H,1,3-4,6,8H2. The van der Waals surface area contributed by atoms with Gasteiger partial charge in [0.1, 0.15) is 11.3 Å². The number of hydrogen-bond acceptors (Lipinski definition) is 3. The van der Waals surface area contributed by atoms with E-state index in [2.05, 4.69) is 20.6 Å². The Balaban J connectivity index is 2.13. The summed E-state index contributed by atoms with van der Waals surface area (Å²) in [4.78, 5) is 8.79. The Bertz CT molecular complexity index is 519. The van der Waals surface area contributed by atoms with Crippen LogP contribution < -0.4 is 0 Å². The van der Waals surface area contributed by atoms with Gasteiger partial charge in [-0.15, -0.1) is 11.6 Å². The molecule has 17 heavy (non-hydrogen) atoms. The van der Waals surface area contributed by atoms with Gasteiger partial charge in [-0.25, -0.2) is 4.98 Å². The molecule has 0 spiro atoms. The van der Waals surface area contributed by atoms with E-state index in [1.807, 2.05) is 24.2 Å². The topological polar surface area (TPSA) is 30.7 Å². The summed E-state index contributed by atoms with van der Waals surface area (Å²) in [5.41, 5.74) is 2.19. The Labute approximate surface area is 110 Å². The molecule has 0 radical (unpaired) electrons. The van der Waals surface area contributed by atoms with Gasteiger partial charge in [0.25, 0.3) is 0 Å². The molecule has 3 rings (SSSR count). The summed E-state index contributed by atoms with van der Waals surface area (Å²) in [6.07, 6.45) is 5.74. The van der Waals surface area contributed by atoms with E-state index < -0.39 is 0 Å². The molecule has 1 aliphatic heterocycles. The number of thioether (sulfide) groups is 1. The molecule has 1 saturated heterocycles. The highest BCUT2D eigenvalue weighted by atomic mass is 35.5. The van der Waals surface area contributed by atoms with Crippen molar-refractivity contribution in [1.82, 2.24) is 14.5 Å². The van der Waals surface area contributed by atoms with Crippen LogP contribution in [0.2, 0.25) is 0 Å². The lowest BCUT2D eigenvalue weighted by Crippen LogP contribution is -2.12. The molecule has 1 fully saturated rings. The van der Waals surface area contributed by atoms with E-state index in [0.717, 1.165) is 17.8 Å². The van der Waals surface area contributed by atoms with Crippen molar-refractivity contribution in [2.75, 3.05) is 17.4 Å². The zero-order valence-electron chi connectivity index (χ0n) is 9.47. The molecule has 1 atom stereocenters. The van der Waals surface area contributed by atoms with Gasteiger partial charge in [0.2, 0.25) is 0 Å². The van der Waals surface area contributed by atoms with Gasteiger partial charge >= 0.3 is 0 Å². The maximum Gasteiger partial charge on any atom is 0.111 e. The van der Waals surface area contributed by atoms with Gasteiger partial charge in [-0.2, -0.15) is 11.8 Å². The van der Waals surface area contributed by atoms with E-state index in [-0.39, 0.29) is 0 Å². The molecule has 0 amide bonds. The van der Waals surface area contributed by atoms with E-state index in [9.17, 15) is 0 Å². The van der Waals surface area contributed by atoms with Gasteiger partial charge in [0, 0.05) is 30.3 Å². The Morgan fingerprint density at radius 2 is 2.47 bits per heavy atom. The van der Waals surface area contributed by atoms with Gasteiger partial charge in [-0.3, -0.25) is 4.98 Å². The van der Waals surface area contributed by atoms with Crippen LogP contribution in [-0.2, 0) is 6.42 Å². The van der Waals surface area contributed by atoms with Crippen LogP contribution in [0.3, 0.4) is 0 Å². The van der Waals surface area contributed by atoms with Crippen molar-refractivity contribution in [3.63, 3.8) is 0 Å². The van der Waals surface area contributed by atoms with Gasteiger partial charge in [-0.05, 0) is 18.2 Å². The highest BCUT2D eigenvalue weighted by Gasteiger charge is 2.22. The number of aromatic nitrogens is 3. The van der Waals surface area contributed by atoms with E-state index in [4.69, 9.17) is 11.6 Å². The van der Waals surface area contributed by atoms with Crippen LogP contribution in [0.1, 0.15) is 18.3 Å². The molecular formula is C12H14ClN3S. The average molecular weight is 268 g/mol. The second-order valence-corrected chi connectivity index (χ2v) is 5.75. The minimum absolute atomic E-state index is 0.575. The van der Waals surface area contributed by atoms with Crippen LogP contribution in [0.5, 0.6) is 0 Å². The van der Waals surface area contributed by atoms with E-state index >= 15 is 0 Å². The SMILES string of the molecule is ClCCc1nc2cnccc2n1C1CCSC1. The maximum atomic E-state index is 5.87. The van der Waals surface area contributed by atoms with E-state index in [0.29, 0.717) is 11.9 Å². The van der Waals surface area contributed by atoms with Crippen molar-refractivity contribution in [1.29, 1.82) is 0 Å². The number of alkyl halides is 1. The molecule has 1 unspecified atom stereocenters. The van der Waals surface area contributed by atoms with Crippen molar-refractivity contribution in [3.8, 4) is 0 Å². The first-order valence-corrected chi connectivity index (χ1v) is 7.53. The molecule has 2 aromatic rings. The molecule has 0 saturated carbocycles. The third-order valence-corrected chi connectivity index (χ3v) is 4.49. The first-order chi connectivity index (χ1) is 8.40. The monoisotopic (exact) mass is 267 g/mol. The van der Waals surface area contributed by atoms with Crippen molar-refractivity contribution in [3.05, 3.63) is 24.3 Å². The smallest absolute Gasteiger partial charge is 0.111 e. The van der Waals surface area contributed by atoms with Crippen LogP contribution in [0.25, 0.3) is 11.0 Å². The lowest BCUT2D eigenvalue weighted by molar-refractivity contribution is 0.552. The molecule has 0 aliphatic carbocycles. The van der Waals surface area contributed by atoms with Crippen LogP contribution in [0.4, 0.5) is 0 Å². The predicted octanol–water partition coefficient (Wildman–Crippen LogP) is 2.89. The van der Waals surface area contributed by atoms with Gasteiger partial charge in [0.05, 0.1) is 11.7 Å². The fourth-order valence-corrected chi connectivity index (χ4v) is 3.76. The van der Waals surface area contributed by atoms with Gasteiger partial charge in [0.15, 0.2) is 0 Å². The number of hydrogen-bond donors (Lipinski definition) is 0. The fourth-order valence-electron chi connectivity index (χ4n) is 2.39.